The smallest absolute Gasteiger partial charge is 0.264 e. The molecule has 28 rings (SSSR count). The molecular formula is C102H52N4O2S4. The van der Waals surface area contributed by atoms with E-state index in [4.69, 9.17) is 9.97 Å². The zero-order valence-corrected chi connectivity index (χ0v) is 63.1. The first-order chi connectivity index (χ1) is 55.3. The summed E-state index contributed by atoms with van der Waals surface area (Å²) in [7, 11) is 0. The highest BCUT2D eigenvalue weighted by atomic mass is 32.1. The van der Waals surface area contributed by atoms with Crippen LogP contribution in [-0.2, 0) is 0 Å². The van der Waals surface area contributed by atoms with Crippen molar-refractivity contribution in [3.05, 3.63) is 308 Å². The lowest BCUT2D eigenvalue weighted by Gasteiger charge is -2.19. The van der Waals surface area contributed by atoms with Gasteiger partial charge in [0.15, 0.2) is 0 Å². The summed E-state index contributed by atoms with van der Waals surface area (Å²) < 4.78 is 3.68. The highest BCUT2D eigenvalue weighted by Crippen LogP contribution is 2.64. The summed E-state index contributed by atoms with van der Waals surface area (Å²) in [6.45, 7) is 4.46. The minimum Gasteiger partial charge on any atom is -0.268 e. The molecule has 2 aliphatic rings. The van der Waals surface area contributed by atoms with Crippen LogP contribution in [0.5, 0.6) is 0 Å². The fourth-order valence-corrected chi connectivity index (χ4v) is 24.6. The Bertz CT molecular complexity index is 8800. The van der Waals surface area contributed by atoms with Crippen molar-refractivity contribution in [3.8, 4) is 86.3 Å². The lowest BCUT2D eigenvalue weighted by molar-refractivity contribution is 1.15. The van der Waals surface area contributed by atoms with Crippen LogP contribution in [0.25, 0.3) is 270 Å². The molecular weight excluding hydrogens is 1440 g/mol. The Hall–Kier alpha value is -13.3. The number of aryl methyl sites for hydroxylation is 2. The molecule has 0 fully saturated rings. The van der Waals surface area contributed by atoms with E-state index in [1.54, 1.807) is 0 Å². The quantitative estimate of drug-likeness (QED) is 0.130. The van der Waals surface area contributed by atoms with Crippen molar-refractivity contribution in [1.82, 2.24) is 18.8 Å². The predicted molar refractivity (Wildman–Crippen MR) is 479 cm³/mol. The second-order valence-electron chi connectivity index (χ2n) is 30.6. The normalized spacial score (nSPS) is 12.8. The number of nitrogens with zero attached hydrogens (tertiary/aromatic N) is 4. The lowest BCUT2D eigenvalue weighted by atomic mass is 9.86. The standard InChI is InChI=1S/C52H28N2OS2.C50H24N2OS2/c1-25-23-24-56-50(25)49-29-10-4-3-9-28(29)46(40-22-13-26(2)57-40)47-34-18-14-31-33-17-21-37-45-36(20-16-32(43(33)45)30-15-19-35(48(47)49)44(34)42(30)31)51-53-38-11-5-7-27-8-6-12-39(41(27)38)54(51)52(37)55;53-50-35-22-18-31-29-16-20-33-43-32(47-45(38-13-5-23-54-38)26-9-1-2-10-27(26)46(48(33)47)39-14-6-24-55-39)19-15-28(41(29)43)30-17-21-34(44(35)42(30)31)49-51-36-11-3-7-25-8-4-12-37(40(25)36)52(49)50/h3-24H,1-2H3;1-24H. The molecule has 18 aromatic carbocycles. The molecule has 0 spiro atoms. The highest BCUT2D eigenvalue weighted by Gasteiger charge is 2.37. The van der Waals surface area contributed by atoms with Crippen LogP contribution in [0.1, 0.15) is 10.4 Å². The van der Waals surface area contributed by atoms with Crippen LogP contribution < -0.4 is 11.1 Å². The van der Waals surface area contributed by atoms with Crippen molar-refractivity contribution in [3.63, 3.8) is 0 Å². The molecule has 0 aliphatic heterocycles. The zero-order chi connectivity index (χ0) is 73.1. The molecule has 8 heterocycles. The van der Waals surface area contributed by atoms with Gasteiger partial charge < -0.3 is 0 Å². The lowest BCUT2D eigenvalue weighted by Crippen LogP contribution is -2.16. The zero-order valence-electron chi connectivity index (χ0n) is 59.8. The molecule has 8 aromatic heterocycles. The third kappa shape index (κ3) is 7.41. The summed E-state index contributed by atoms with van der Waals surface area (Å²) in [6, 6.07) is 94.9. The van der Waals surface area contributed by atoms with Crippen molar-refractivity contribution in [2.45, 2.75) is 13.8 Å². The number of thiophene rings is 4. The van der Waals surface area contributed by atoms with Crippen LogP contribution in [0.2, 0.25) is 0 Å². The summed E-state index contributed by atoms with van der Waals surface area (Å²) in [6.07, 6.45) is 0. The van der Waals surface area contributed by atoms with Gasteiger partial charge in [-0.2, -0.15) is 0 Å². The van der Waals surface area contributed by atoms with Gasteiger partial charge >= 0.3 is 0 Å². The first-order valence-corrected chi connectivity index (χ1v) is 41.4. The van der Waals surface area contributed by atoms with Crippen LogP contribution in [0, 0.1) is 13.8 Å². The number of pyridine rings is 2. The average molecular weight is 1490 g/mol. The number of hydrogen-bond donors (Lipinski definition) is 0. The summed E-state index contributed by atoms with van der Waals surface area (Å²) in [5, 5.41) is 38.5. The summed E-state index contributed by atoms with van der Waals surface area (Å²) in [4.78, 5) is 46.4. The Morgan fingerprint density at radius 2 is 0.625 bits per heavy atom. The molecule has 0 unspecified atom stereocenters. The number of rotatable bonds is 4. The second kappa shape index (κ2) is 21.4. The van der Waals surface area contributed by atoms with Gasteiger partial charge in [-0.25, -0.2) is 9.97 Å². The van der Waals surface area contributed by atoms with E-state index in [1.165, 1.54) is 183 Å². The Morgan fingerprint density at radius 3 is 1.02 bits per heavy atom. The Morgan fingerprint density at radius 1 is 0.259 bits per heavy atom. The molecule has 516 valence electrons. The third-order valence-electron chi connectivity index (χ3n) is 25.4. The molecule has 2 aliphatic carbocycles. The number of hydrogen-bond acceptors (Lipinski definition) is 8. The van der Waals surface area contributed by atoms with Crippen LogP contribution in [0.3, 0.4) is 0 Å². The van der Waals surface area contributed by atoms with E-state index in [-0.39, 0.29) is 11.1 Å². The van der Waals surface area contributed by atoms with Gasteiger partial charge in [0.25, 0.3) is 11.1 Å². The minimum absolute atomic E-state index is 0.0261. The molecule has 0 amide bonds. The van der Waals surface area contributed by atoms with E-state index in [9.17, 15) is 9.59 Å². The van der Waals surface area contributed by atoms with Gasteiger partial charge in [0.2, 0.25) is 0 Å². The largest absolute Gasteiger partial charge is 0.268 e. The van der Waals surface area contributed by atoms with E-state index in [2.05, 4.69) is 279 Å². The van der Waals surface area contributed by atoms with Gasteiger partial charge in [-0.3, -0.25) is 18.4 Å². The van der Waals surface area contributed by atoms with Gasteiger partial charge in [0, 0.05) is 112 Å². The number of fused-ring (bicyclic) bond motifs is 18. The van der Waals surface area contributed by atoms with Crippen molar-refractivity contribution < 1.29 is 0 Å². The first kappa shape index (κ1) is 60.6. The van der Waals surface area contributed by atoms with Crippen LogP contribution >= 0.6 is 45.3 Å². The predicted octanol–water partition coefficient (Wildman–Crippen LogP) is 28.4. The summed E-state index contributed by atoms with van der Waals surface area (Å²) >= 11 is 7.35. The summed E-state index contributed by atoms with van der Waals surface area (Å²) in [5.41, 5.74) is 22.1. The molecule has 0 saturated heterocycles. The molecule has 6 nitrogen and oxygen atoms in total. The van der Waals surface area contributed by atoms with E-state index in [1.807, 2.05) is 66.3 Å². The maximum Gasteiger partial charge on any atom is 0.264 e. The molecule has 10 heteroatoms. The summed E-state index contributed by atoms with van der Waals surface area (Å²) in [5.74, 6) is 0. The third-order valence-corrected chi connectivity index (χ3v) is 29.2. The number of aromatic nitrogens is 4. The van der Waals surface area contributed by atoms with E-state index < -0.39 is 0 Å². The van der Waals surface area contributed by atoms with Gasteiger partial charge in [-0.1, -0.05) is 182 Å². The van der Waals surface area contributed by atoms with Gasteiger partial charge in [-0.15, -0.1) is 45.3 Å². The maximum atomic E-state index is 14.7. The van der Waals surface area contributed by atoms with Crippen LogP contribution in [0.15, 0.2) is 287 Å². The fraction of sp³-hybridized carbons (Fsp3) is 0.0196. The fourth-order valence-electron chi connectivity index (χ4n) is 21.1. The van der Waals surface area contributed by atoms with E-state index in [0.717, 1.165) is 86.7 Å². The van der Waals surface area contributed by atoms with Crippen molar-refractivity contribution in [2.75, 3.05) is 0 Å². The van der Waals surface area contributed by atoms with Crippen LogP contribution in [-0.4, -0.2) is 18.8 Å². The number of benzene rings is 18. The monoisotopic (exact) mass is 1490 g/mol. The Labute approximate surface area is 651 Å². The molecule has 0 radical (unpaired) electrons. The van der Waals surface area contributed by atoms with Gasteiger partial charge in [0.1, 0.15) is 11.3 Å². The van der Waals surface area contributed by atoms with Crippen LogP contribution in [0.4, 0.5) is 0 Å². The average Bonchev–Trinajstić information content (AvgIpc) is 1.53. The highest BCUT2D eigenvalue weighted by molar-refractivity contribution is 7.16. The molecule has 112 heavy (non-hydrogen) atoms. The molecule has 0 bridgehead atoms. The second-order valence-corrected chi connectivity index (χ2v) is 34.7. The topological polar surface area (TPSA) is 68.7 Å². The van der Waals surface area contributed by atoms with Crippen molar-refractivity contribution in [2.24, 2.45) is 0 Å². The Balaban J connectivity index is 0.000000122. The molecule has 0 atom stereocenters. The molecule has 26 aromatic rings. The van der Waals surface area contributed by atoms with Crippen molar-refractivity contribution in [1.29, 1.82) is 0 Å². The van der Waals surface area contributed by atoms with Gasteiger partial charge in [-0.05, 0) is 244 Å². The molecule has 0 saturated carbocycles. The van der Waals surface area contributed by atoms with E-state index >= 15 is 0 Å². The van der Waals surface area contributed by atoms with E-state index in [0.29, 0.717) is 11.3 Å². The van der Waals surface area contributed by atoms with Crippen molar-refractivity contribution >= 4 is 230 Å². The van der Waals surface area contributed by atoms with Gasteiger partial charge in [0.05, 0.1) is 22.1 Å². The SMILES string of the molecule is Cc1ccc(-c2c3c(c(-c4sccc4C)c4ccccc24)-c2ccc4c5ccc6c7c(ccc(c8ccc-3c2c84)c57)c(=O)n2c3cccc4cccc(nc62)c43)s1.O=c1c2ccc3c4ccc5c6c(ccc(c7ccc(c2c37)c2nc3cccc7cccc(c73)n12)c64)-c1c-5c(-c2cccs2)c2ccccc2c1-c1cccs1. The molecule has 0 N–H and O–H groups in total. The Kier molecular flexibility index (Phi) is 11.6. The maximum absolute atomic E-state index is 14.7. The minimum atomic E-state index is -0.0266. The first-order valence-electron chi connectivity index (χ1n) is 38.0.